The fourth-order valence-electron chi connectivity index (χ4n) is 3.24. The Bertz CT molecular complexity index is 590. The van der Waals surface area contributed by atoms with Gasteiger partial charge in [-0.2, -0.15) is 5.26 Å². The van der Waals surface area contributed by atoms with Crippen LogP contribution in [0.25, 0.3) is 0 Å². The largest absolute Gasteiger partial charge is 0.333 e. The zero-order chi connectivity index (χ0) is 16.9. The first-order chi connectivity index (χ1) is 11.0. The van der Waals surface area contributed by atoms with Crippen molar-refractivity contribution < 1.29 is 10.1 Å². The molecule has 0 aromatic heterocycles. The molecule has 0 aliphatic heterocycles. The predicted octanol–water partition coefficient (Wildman–Crippen LogP) is 2.70. The molecule has 0 saturated heterocycles. The Labute approximate surface area is 143 Å². The lowest BCUT2D eigenvalue weighted by molar-refractivity contribution is -0.710. The second-order valence-corrected chi connectivity index (χ2v) is 6.94. The van der Waals surface area contributed by atoms with Crippen molar-refractivity contribution in [3.8, 4) is 6.07 Å². The standard InChI is InChI=1S/C18H24ClN3O/c1-13(15-8-4-5-9-16(15)19)21-14(2)17(23)22-18(12-20)10-6-3-7-11-18/h4-5,8-9,13-14,21H,3,6-7,10-11H2,1-2H3,(H,22,23)/p+1/t13-,14-/m0/s1. The lowest BCUT2D eigenvalue weighted by Gasteiger charge is -2.32. The molecule has 124 valence electrons. The third-order valence-electron chi connectivity index (χ3n) is 4.67. The van der Waals surface area contributed by atoms with Crippen molar-refractivity contribution >= 4 is 17.5 Å². The molecule has 0 heterocycles. The van der Waals surface area contributed by atoms with Crippen molar-refractivity contribution in [2.45, 2.75) is 63.6 Å². The average Bonchev–Trinajstić information content (AvgIpc) is 2.55. The van der Waals surface area contributed by atoms with Crippen LogP contribution in [0, 0.1) is 11.3 Å². The smallest absolute Gasteiger partial charge is 0.279 e. The van der Waals surface area contributed by atoms with E-state index in [4.69, 9.17) is 11.6 Å². The number of quaternary nitrogens is 1. The summed E-state index contributed by atoms with van der Waals surface area (Å²) in [6.45, 7) is 3.91. The lowest BCUT2D eigenvalue weighted by Crippen LogP contribution is -2.92. The topological polar surface area (TPSA) is 69.5 Å². The third kappa shape index (κ3) is 4.46. The molecule has 0 radical (unpaired) electrons. The molecule has 4 nitrogen and oxygen atoms in total. The number of rotatable bonds is 5. The first-order valence-corrected chi connectivity index (χ1v) is 8.68. The van der Waals surface area contributed by atoms with Gasteiger partial charge in [0.25, 0.3) is 5.91 Å². The van der Waals surface area contributed by atoms with Crippen molar-refractivity contribution in [3.05, 3.63) is 34.9 Å². The summed E-state index contributed by atoms with van der Waals surface area (Å²) in [6, 6.07) is 9.82. The van der Waals surface area contributed by atoms with E-state index >= 15 is 0 Å². The number of halogens is 1. The van der Waals surface area contributed by atoms with Gasteiger partial charge in [0.15, 0.2) is 6.04 Å². The van der Waals surface area contributed by atoms with Crippen LogP contribution < -0.4 is 10.6 Å². The highest BCUT2D eigenvalue weighted by atomic mass is 35.5. The van der Waals surface area contributed by atoms with Crippen molar-refractivity contribution in [3.63, 3.8) is 0 Å². The van der Waals surface area contributed by atoms with Crippen LogP contribution in [0.5, 0.6) is 0 Å². The molecule has 0 bridgehead atoms. The van der Waals surface area contributed by atoms with E-state index in [9.17, 15) is 10.1 Å². The van der Waals surface area contributed by atoms with Crippen LogP contribution in [0.15, 0.2) is 24.3 Å². The number of nitrogens with two attached hydrogens (primary N) is 1. The second-order valence-electron chi connectivity index (χ2n) is 6.54. The highest BCUT2D eigenvalue weighted by Crippen LogP contribution is 2.27. The fraction of sp³-hybridized carbons (Fsp3) is 0.556. The van der Waals surface area contributed by atoms with Gasteiger partial charge in [0.05, 0.1) is 6.07 Å². The molecule has 1 fully saturated rings. The first-order valence-electron chi connectivity index (χ1n) is 8.30. The Balaban J connectivity index is 1.97. The van der Waals surface area contributed by atoms with Gasteiger partial charge in [0, 0.05) is 10.6 Å². The van der Waals surface area contributed by atoms with Crippen molar-refractivity contribution in [1.29, 1.82) is 5.26 Å². The van der Waals surface area contributed by atoms with Crippen LogP contribution >= 0.6 is 11.6 Å². The van der Waals surface area contributed by atoms with E-state index < -0.39 is 5.54 Å². The molecule has 1 aromatic carbocycles. The third-order valence-corrected chi connectivity index (χ3v) is 5.01. The quantitative estimate of drug-likeness (QED) is 0.869. The van der Waals surface area contributed by atoms with Gasteiger partial charge in [-0.15, -0.1) is 0 Å². The van der Waals surface area contributed by atoms with E-state index in [0.29, 0.717) is 5.02 Å². The molecule has 0 spiro atoms. The molecule has 2 atom stereocenters. The summed E-state index contributed by atoms with van der Waals surface area (Å²) in [4.78, 5) is 12.5. The number of amides is 1. The molecular formula is C18H25ClN3O+. The maximum Gasteiger partial charge on any atom is 0.279 e. The van der Waals surface area contributed by atoms with Crippen LogP contribution in [0.3, 0.4) is 0 Å². The predicted molar refractivity (Wildman–Crippen MR) is 90.8 cm³/mol. The van der Waals surface area contributed by atoms with E-state index in [1.54, 1.807) is 0 Å². The Morgan fingerprint density at radius 3 is 2.57 bits per heavy atom. The number of hydrogen-bond acceptors (Lipinski definition) is 2. The Kier molecular flexibility index (Phi) is 6.04. The van der Waals surface area contributed by atoms with Crippen molar-refractivity contribution in [2.24, 2.45) is 0 Å². The molecule has 1 aromatic rings. The summed E-state index contributed by atoms with van der Waals surface area (Å²) in [5.41, 5.74) is 0.340. The second kappa shape index (κ2) is 7.81. The molecule has 1 aliphatic carbocycles. The van der Waals surface area contributed by atoms with Crippen LogP contribution in [0.1, 0.15) is 57.6 Å². The minimum Gasteiger partial charge on any atom is -0.333 e. The first kappa shape index (κ1) is 17.8. The molecule has 1 aliphatic rings. The minimum atomic E-state index is -0.676. The molecule has 1 amide bonds. The summed E-state index contributed by atoms with van der Waals surface area (Å²) in [5.74, 6) is -0.0765. The lowest BCUT2D eigenvalue weighted by atomic mass is 9.82. The Morgan fingerprint density at radius 1 is 1.30 bits per heavy atom. The van der Waals surface area contributed by atoms with Gasteiger partial charge in [-0.05, 0) is 32.8 Å². The van der Waals surface area contributed by atoms with Gasteiger partial charge in [0.1, 0.15) is 11.6 Å². The van der Waals surface area contributed by atoms with Crippen LogP contribution in [0.4, 0.5) is 0 Å². The molecule has 0 unspecified atom stereocenters. The number of carbonyl (C=O) groups is 1. The van der Waals surface area contributed by atoms with E-state index in [1.807, 2.05) is 43.4 Å². The highest BCUT2D eigenvalue weighted by Gasteiger charge is 2.35. The number of nitrogens with one attached hydrogen (secondary N) is 1. The number of benzene rings is 1. The SMILES string of the molecule is C[C@H]([NH2+][C@@H](C)c1ccccc1Cl)C(=O)NC1(C#N)CCCCC1. The molecule has 2 rings (SSSR count). The molecule has 23 heavy (non-hydrogen) atoms. The van der Waals surface area contributed by atoms with Gasteiger partial charge in [0.2, 0.25) is 0 Å². The zero-order valence-corrected chi connectivity index (χ0v) is 14.6. The highest BCUT2D eigenvalue weighted by molar-refractivity contribution is 6.31. The van der Waals surface area contributed by atoms with Crippen LogP contribution in [-0.2, 0) is 4.79 Å². The maximum atomic E-state index is 12.5. The number of nitrogens with zero attached hydrogens (tertiary/aromatic N) is 1. The molecular weight excluding hydrogens is 310 g/mol. The Hall–Kier alpha value is -1.57. The van der Waals surface area contributed by atoms with E-state index in [1.165, 1.54) is 0 Å². The van der Waals surface area contributed by atoms with Crippen LogP contribution in [0.2, 0.25) is 5.02 Å². The van der Waals surface area contributed by atoms with Gasteiger partial charge in [-0.25, -0.2) is 0 Å². The maximum absolute atomic E-state index is 12.5. The van der Waals surface area contributed by atoms with Gasteiger partial charge in [-0.3, -0.25) is 4.79 Å². The van der Waals surface area contributed by atoms with E-state index in [0.717, 1.165) is 37.7 Å². The summed E-state index contributed by atoms with van der Waals surface area (Å²) >= 11 is 6.22. The Morgan fingerprint density at radius 2 is 1.96 bits per heavy atom. The molecule has 3 N–H and O–H groups in total. The number of carbonyl (C=O) groups excluding carboxylic acids is 1. The average molecular weight is 335 g/mol. The van der Waals surface area contributed by atoms with Crippen molar-refractivity contribution in [2.75, 3.05) is 0 Å². The minimum absolute atomic E-state index is 0.0765. The fourth-order valence-corrected chi connectivity index (χ4v) is 3.55. The van der Waals surface area contributed by atoms with Crippen molar-refractivity contribution in [1.82, 2.24) is 5.32 Å². The summed E-state index contributed by atoms with van der Waals surface area (Å²) < 4.78 is 0. The molecule has 1 saturated carbocycles. The van der Waals surface area contributed by atoms with Gasteiger partial charge < -0.3 is 10.6 Å². The van der Waals surface area contributed by atoms with E-state index in [2.05, 4.69) is 11.4 Å². The van der Waals surface area contributed by atoms with Crippen LogP contribution in [-0.4, -0.2) is 17.5 Å². The monoisotopic (exact) mass is 334 g/mol. The summed E-state index contributed by atoms with van der Waals surface area (Å²) in [5, 5.41) is 15.2. The number of hydrogen-bond donors (Lipinski definition) is 2. The van der Waals surface area contributed by atoms with Gasteiger partial charge >= 0.3 is 0 Å². The summed E-state index contributed by atoms with van der Waals surface area (Å²) in [6.07, 6.45) is 4.65. The normalized spacial score (nSPS) is 19.4. The van der Waals surface area contributed by atoms with E-state index in [-0.39, 0.29) is 18.0 Å². The summed E-state index contributed by atoms with van der Waals surface area (Å²) in [7, 11) is 0. The zero-order valence-electron chi connectivity index (χ0n) is 13.8. The van der Waals surface area contributed by atoms with Gasteiger partial charge in [-0.1, -0.05) is 49.1 Å². The number of nitriles is 1. The molecule has 5 heteroatoms.